The van der Waals surface area contributed by atoms with Crippen LogP contribution in [0.15, 0.2) is 48.5 Å². The number of nitrogens with zero attached hydrogens (tertiary/aromatic N) is 2. The lowest BCUT2D eigenvalue weighted by Gasteiger charge is -2.33. The number of hydrogen-bond donors (Lipinski definition) is 1. The van der Waals surface area contributed by atoms with E-state index in [1.807, 2.05) is 19.9 Å². The van der Waals surface area contributed by atoms with Gasteiger partial charge in [0.15, 0.2) is 0 Å². The molecular formula is C26H34FN3O4S. The summed E-state index contributed by atoms with van der Waals surface area (Å²) in [7, 11) is -3.78. The van der Waals surface area contributed by atoms with E-state index in [0.717, 1.165) is 41.8 Å². The van der Waals surface area contributed by atoms with E-state index in [1.54, 1.807) is 30.3 Å². The monoisotopic (exact) mass is 503 g/mol. The second-order valence-corrected chi connectivity index (χ2v) is 11.1. The molecule has 1 aliphatic carbocycles. The molecule has 190 valence electrons. The van der Waals surface area contributed by atoms with Crippen molar-refractivity contribution in [2.45, 2.75) is 64.6 Å². The molecule has 0 aromatic heterocycles. The Hall–Kier alpha value is -2.94. The number of carbonyl (C=O) groups excluding carboxylic acids is 2. The summed E-state index contributed by atoms with van der Waals surface area (Å²) < 4.78 is 39.8. The Balaban J connectivity index is 1.91. The Labute approximate surface area is 207 Å². The molecule has 2 aromatic rings. The summed E-state index contributed by atoms with van der Waals surface area (Å²) >= 11 is 0. The maximum absolute atomic E-state index is 13.6. The number of halogens is 1. The fourth-order valence-electron chi connectivity index (χ4n) is 4.47. The van der Waals surface area contributed by atoms with Gasteiger partial charge in [-0.2, -0.15) is 0 Å². The standard InChI is InChI=1S/C26H34FN3O4S/c1-4-24(26(32)28-22-9-5-6-10-22)29(17-20-12-14-21(27)15-13-20)25(31)18-30(35(3,33)34)23-11-7-8-19(2)16-23/h7-8,11-16,22,24H,4-6,9-10,17-18H2,1-3H3,(H,28,32)/t24-/m1/s1. The molecule has 35 heavy (non-hydrogen) atoms. The van der Waals surface area contributed by atoms with Crippen molar-refractivity contribution in [1.82, 2.24) is 10.2 Å². The fourth-order valence-corrected chi connectivity index (χ4v) is 5.31. The number of amides is 2. The number of carbonyl (C=O) groups is 2. The van der Waals surface area contributed by atoms with E-state index in [4.69, 9.17) is 0 Å². The van der Waals surface area contributed by atoms with Gasteiger partial charge >= 0.3 is 0 Å². The number of sulfonamides is 1. The van der Waals surface area contributed by atoms with Gasteiger partial charge in [0.2, 0.25) is 21.8 Å². The van der Waals surface area contributed by atoms with E-state index >= 15 is 0 Å². The van der Waals surface area contributed by atoms with Crippen molar-refractivity contribution in [1.29, 1.82) is 0 Å². The molecular weight excluding hydrogens is 469 g/mol. The molecule has 0 radical (unpaired) electrons. The van der Waals surface area contributed by atoms with Crippen LogP contribution >= 0.6 is 0 Å². The van der Waals surface area contributed by atoms with Crippen molar-refractivity contribution in [2.75, 3.05) is 17.1 Å². The lowest BCUT2D eigenvalue weighted by atomic mass is 10.1. The summed E-state index contributed by atoms with van der Waals surface area (Å²) in [5.74, 6) is -1.16. The molecule has 0 saturated heterocycles. The van der Waals surface area contributed by atoms with E-state index < -0.39 is 34.3 Å². The van der Waals surface area contributed by atoms with Crippen LogP contribution in [0.25, 0.3) is 0 Å². The maximum atomic E-state index is 13.6. The predicted molar refractivity (Wildman–Crippen MR) is 135 cm³/mol. The van der Waals surface area contributed by atoms with E-state index in [0.29, 0.717) is 17.7 Å². The van der Waals surface area contributed by atoms with Crippen LogP contribution in [0.3, 0.4) is 0 Å². The highest BCUT2D eigenvalue weighted by Gasteiger charge is 2.33. The third-order valence-corrected chi connectivity index (χ3v) is 7.46. The van der Waals surface area contributed by atoms with E-state index in [2.05, 4.69) is 5.32 Å². The van der Waals surface area contributed by atoms with Crippen molar-refractivity contribution in [3.8, 4) is 0 Å². The average molecular weight is 504 g/mol. The largest absolute Gasteiger partial charge is 0.352 e. The van der Waals surface area contributed by atoms with Crippen LogP contribution in [0.1, 0.15) is 50.2 Å². The zero-order chi connectivity index (χ0) is 25.6. The van der Waals surface area contributed by atoms with Crippen LogP contribution in [0.4, 0.5) is 10.1 Å². The summed E-state index contributed by atoms with van der Waals surface area (Å²) in [4.78, 5) is 28.3. The number of benzene rings is 2. The first-order valence-corrected chi connectivity index (χ1v) is 13.8. The Morgan fingerprint density at radius 3 is 2.34 bits per heavy atom. The Morgan fingerprint density at radius 2 is 1.77 bits per heavy atom. The third-order valence-electron chi connectivity index (χ3n) is 6.32. The summed E-state index contributed by atoms with van der Waals surface area (Å²) in [5.41, 5.74) is 1.88. The zero-order valence-corrected chi connectivity index (χ0v) is 21.4. The van der Waals surface area contributed by atoms with Crippen LogP contribution in [-0.4, -0.2) is 50.0 Å². The molecule has 1 N–H and O–H groups in total. The quantitative estimate of drug-likeness (QED) is 0.535. The van der Waals surface area contributed by atoms with Gasteiger partial charge in [-0.05, 0) is 61.6 Å². The Morgan fingerprint density at radius 1 is 1.11 bits per heavy atom. The van der Waals surface area contributed by atoms with Gasteiger partial charge in [0.05, 0.1) is 11.9 Å². The first kappa shape index (κ1) is 26.7. The Kier molecular flexibility index (Phi) is 8.88. The molecule has 0 aliphatic heterocycles. The Bertz CT molecular complexity index is 1130. The molecule has 1 saturated carbocycles. The number of anilines is 1. The highest BCUT2D eigenvalue weighted by Crippen LogP contribution is 2.22. The first-order chi connectivity index (χ1) is 16.6. The van der Waals surface area contributed by atoms with Crippen molar-refractivity contribution in [3.63, 3.8) is 0 Å². The molecule has 9 heteroatoms. The van der Waals surface area contributed by atoms with Gasteiger partial charge in [0.25, 0.3) is 0 Å². The van der Waals surface area contributed by atoms with Crippen LogP contribution in [0.2, 0.25) is 0 Å². The van der Waals surface area contributed by atoms with E-state index in [-0.39, 0.29) is 18.5 Å². The minimum Gasteiger partial charge on any atom is -0.352 e. The molecule has 0 bridgehead atoms. The lowest BCUT2D eigenvalue weighted by molar-refractivity contribution is -0.140. The minimum atomic E-state index is -3.78. The smallest absolute Gasteiger partial charge is 0.244 e. The van der Waals surface area contributed by atoms with Crippen LogP contribution < -0.4 is 9.62 Å². The van der Waals surface area contributed by atoms with Crippen LogP contribution in [0.5, 0.6) is 0 Å². The second kappa shape index (κ2) is 11.7. The average Bonchev–Trinajstić information content (AvgIpc) is 3.30. The van der Waals surface area contributed by atoms with E-state index in [9.17, 15) is 22.4 Å². The number of nitrogens with one attached hydrogen (secondary N) is 1. The number of aryl methyl sites for hydroxylation is 1. The summed E-state index contributed by atoms with van der Waals surface area (Å²) in [6, 6.07) is 11.9. The molecule has 0 heterocycles. The summed E-state index contributed by atoms with van der Waals surface area (Å²) in [5, 5.41) is 3.06. The fraction of sp³-hybridized carbons (Fsp3) is 0.462. The van der Waals surface area contributed by atoms with Crippen LogP contribution in [0, 0.1) is 12.7 Å². The highest BCUT2D eigenvalue weighted by atomic mass is 32.2. The van der Waals surface area contributed by atoms with Gasteiger partial charge in [-0.3, -0.25) is 13.9 Å². The molecule has 7 nitrogen and oxygen atoms in total. The first-order valence-electron chi connectivity index (χ1n) is 12.0. The van der Waals surface area contributed by atoms with Gasteiger partial charge < -0.3 is 10.2 Å². The maximum Gasteiger partial charge on any atom is 0.244 e. The summed E-state index contributed by atoms with van der Waals surface area (Å²) in [6.45, 7) is 3.27. The molecule has 1 aliphatic rings. The molecule has 2 amide bonds. The molecule has 0 unspecified atom stereocenters. The molecule has 2 aromatic carbocycles. The highest BCUT2D eigenvalue weighted by molar-refractivity contribution is 7.92. The SMILES string of the molecule is CC[C@H](C(=O)NC1CCCC1)N(Cc1ccc(F)cc1)C(=O)CN(c1cccc(C)c1)S(C)(=O)=O. The lowest BCUT2D eigenvalue weighted by Crippen LogP contribution is -2.53. The molecule has 3 rings (SSSR count). The van der Waals surface area contributed by atoms with Crippen molar-refractivity contribution >= 4 is 27.5 Å². The van der Waals surface area contributed by atoms with Gasteiger partial charge in [-0.25, -0.2) is 12.8 Å². The van der Waals surface area contributed by atoms with Crippen molar-refractivity contribution in [2.24, 2.45) is 0 Å². The second-order valence-electron chi connectivity index (χ2n) is 9.17. The predicted octanol–water partition coefficient (Wildman–Crippen LogP) is 3.77. The van der Waals surface area contributed by atoms with Crippen molar-refractivity contribution in [3.05, 3.63) is 65.5 Å². The van der Waals surface area contributed by atoms with Gasteiger partial charge in [0.1, 0.15) is 18.4 Å². The third kappa shape index (κ3) is 7.27. The van der Waals surface area contributed by atoms with Gasteiger partial charge in [-0.1, -0.05) is 44.0 Å². The zero-order valence-electron chi connectivity index (χ0n) is 20.5. The van der Waals surface area contributed by atoms with Crippen LogP contribution in [-0.2, 0) is 26.2 Å². The van der Waals surface area contributed by atoms with Crippen molar-refractivity contribution < 1.29 is 22.4 Å². The minimum absolute atomic E-state index is 0.0567. The molecule has 0 spiro atoms. The normalized spacial score (nSPS) is 15.0. The number of hydrogen-bond acceptors (Lipinski definition) is 4. The molecule has 1 atom stereocenters. The van der Waals surface area contributed by atoms with Gasteiger partial charge in [-0.15, -0.1) is 0 Å². The molecule has 1 fully saturated rings. The number of rotatable bonds is 10. The summed E-state index contributed by atoms with van der Waals surface area (Å²) in [6.07, 6.45) is 5.33. The van der Waals surface area contributed by atoms with Gasteiger partial charge in [0, 0.05) is 12.6 Å². The van der Waals surface area contributed by atoms with E-state index in [1.165, 1.54) is 17.0 Å². The topological polar surface area (TPSA) is 86.8 Å².